The average Bonchev–Trinajstić information content (AvgIpc) is 2.58. The molecule has 0 spiro atoms. The monoisotopic (exact) mass is 699 g/mol. The molecule has 0 bridgehead atoms. The molecule has 0 aliphatic carbocycles. The van der Waals surface area contributed by atoms with Gasteiger partial charge in [0.1, 0.15) is 0 Å². The Morgan fingerprint density at radius 3 is 0.579 bits per heavy atom. The van der Waals surface area contributed by atoms with E-state index < -0.39 is 53.9 Å². The van der Waals surface area contributed by atoms with Gasteiger partial charge >= 0.3 is 80.2 Å². The fourth-order valence-electron chi connectivity index (χ4n) is 0.584. The molecule has 0 fully saturated rings. The zero-order valence-corrected chi connectivity index (χ0v) is 21.0. The fourth-order valence-corrected chi connectivity index (χ4v) is 1.09. The van der Waals surface area contributed by atoms with E-state index in [-0.39, 0.29) is 20.8 Å². The van der Waals surface area contributed by atoms with Crippen molar-refractivity contribution in [1.29, 1.82) is 0 Å². The third kappa shape index (κ3) is 13.4. The van der Waals surface area contributed by atoms with E-state index in [1.54, 1.807) is 0 Å². The predicted octanol–water partition coefficient (Wildman–Crippen LogP) is 6.88. The van der Waals surface area contributed by atoms with Crippen LogP contribution in [0.15, 0.2) is 0 Å². The van der Waals surface area contributed by atoms with E-state index in [1.165, 1.54) is 6.42 Å². The summed E-state index contributed by atoms with van der Waals surface area (Å²) in [6.07, 6.45) is -31.8. The number of unbranched alkanes of at least 4 members (excludes halogenated alkanes) is 1. The molecular weight excluding hydrogens is 678 g/mol. The number of halogens is 18. The van der Waals surface area contributed by atoms with Crippen molar-refractivity contribution in [2.45, 2.75) is 94.4 Å². The van der Waals surface area contributed by atoms with Gasteiger partial charge in [0, 0.05) is 0 Å². The van der Waals surface area contributed by atoms with E-state index in [4.69, 9.17) is 15.3 Å². The molecule has 0 aliphatic heterocycles. The maximum atomic E-state index is 11.4. The summed E-state index contributed by atoms with van der Waals surface area (Å²) in [7, 11) is 0. The Kier molecular flexibility index (Phi) is 16.4. The molecule has 0 saturated carbocycles. The van der Waals surface area contributed by atoms with Crippen molar-refractivity contribution in [3.05, 3.63) is 0 Å². The second-order valence-electron chi connectivity index (χ2n) is 7.10. The molecule has 0 saturated heterocycles. The molecule has 0 amide bonds. The zero-order valence-electron chi connectivity index (χ0n) is 19.0. The summed E-state index contributed by atoms with van der Waals surface area (Å²) in [5.41, 5.74) is -13.9. The van der Waals surface area contributed by atoms with E-state index >= 15 is 0 Å². The molecule has 0 aromatic rings. The van der Waals surface area contributed by atoms with Crippen LogP contribution >= 0.6 is 0 Å². The van der Waals surface area contributed by atoms with Gasteiger partial charge in [-0.05, 0) is 20.8 Å². The summed E-state index contributed by atoms with van der Waals surface area (Å²) in [4.78, 5) is 0. The van der Waals surface area contributed by atoms with Crippen LogP contribution in [0.25, 0.3) is 0 Å². The first-order chi connectivity index (χ1) is 15.9. The van der Waals surface area contributed by atoms with E-state index in [0.29, 0.717) is 0 Å². The molecule has 22 heteroatoms. The molecule has 0 radical (unpaired) electrons. The average molecular weight is 697 g/mol. The standard InChI is InChI=1S/3C4H4F6O.C4H7.Mo/c3*1-2(11,3(5,6)7)4(8,9)10;1-3-4-2;/h3*11H,1H3;3-4H2,1H3;. The second kappa shape index (κ2) is 14.1. The molecule has 0 rings (SSSR count). The number of hydrogen-bond acceptors (Lipinski definition) is 3. The SMILES string of the molecule is CC(O)(C(F)(F)F)C(F)(F)F.CC(O)(C(F)(F)F)C(F)(F)F.CC(O)(C(F)(F)F)C(F)(F)F.CCC[C]#[Mo]. The summed E-state index contributed by atoms with van der Waals surface area (Å²) in [6, 6.07) is 0. The Labute approximate surface area is 212 Å². The fraction of sp³-hybridized carbons (Fsp3) is 0.938. The zero-order chi connectivity index (χ0) is 32.6. The first kappa shape index (κ1) is 44.1. The number of rotatable bonds is 1. The van der Waals surface area contributed by atoms with E-state index in [1.807, 2.05) is 19.2 Å². The van der Waals surface area contributed by atoms with Gasteiger partial charge in [-0.1, -0.05) is 0 Å². The van der Waals surface area contributed by atoms with Gasteiger partial charge in [-0.15, -0.1) is 0 Å². The molecule has 0 aliphatic rings. The quantitative estimate of drug-likeness (QED) is 0.207. The van der Waals surface area contributed by atoms with Gasteiger partial charge < -0.3 is 15.3 Å². The Balaban J connectivity index is -0.000000209. The predicted molar refractivity (Wildman–Crippen MR) is 87.0 cm³/mol. The van der Waals surface area contributed by atoms with Crippen molar-refractivity contribution in [2.75, 3.05) is 0 Å². The van der Waals surface area contributed by atoms with Crippen molar-refractivity contribution in [2.24, 2.45) is 0 Å². The second-order valence-corrected chi connectivity index (χ2v) is 7.81. The van der Waals surface area contributed by atoms with Crippen LogP contribution in [0.2, 0.25) is 0 Å². The number of aliphatic hydroxyl groups is 3. The minimum absolute atomic E-state index is 0.340. The van der Waals surface area contributed by atoms with Crippen molar-refractivity contribution < 1.29 is 114 Å². The van der Waals surface area contributed by atoms with Gasteiger partial charge in [0.25, 0.3) is 16.8 Å². The van der Waals surface area contributed by atoms with Gasteiger partial charge in [0.05, 0.1) is 0 Å². The molecule has 0 aromatic carbocycles. The minimum atomic E-state index is -5.69. The molecule has 0 aromatic heterocycles. The molecular formula is C16H19F18MoO3. The summed E-state index contributed by atoms with van der Waals surface area (Å²) in [5, 5.41) is 23.8. The van der Waals surface area contributed by atoms with Crippen LogP contribution < -0.4 is 0 Å². The van der Waals surface area contributed by atoms with Crippen molar-refractivity contribution in [1.82, 2.24) is 0 Å². The van der Waals surface area contributed by atoms with Crippen LogP contribution in [0.1, 0.15) is 40.5 Å². The third-order valence-corrected chi connectivity index (χ3v) is 4.17. The van der Waals surface area contributed by atoms with Crippen LogP contribution in [0.5, 0.6) is 0 Å². The normalized spacial score (nSPS) is 14.1. The molecule has 0 unspecified atom stereocenters. The Hall–Kier alpha value is -0.912. The van der Waals surface area contributed by atoms with Gasteiger partial charge in [-0.3, -0.25) is 0 Å². The van der Waals surface area contributed by atoms with Crippen LogP contribution in [-0.4, -0.2) is 69.2 Å². The van der Waals surface area contributed by atoms with Crippen LogP contribution in [0.3, 0.4) is 0 Å². The maximum absolute atomic E-state index is 11.4. The van der Waals surface area contributed by atoms with Crippen molar-refractivity contribution in [3.63, 3.8) is 0 Å². The van der Waals surface area contributed by atoms with E-state index in [9.17, 15) is 79.0 Å². The molecule has 0 atom stereocenters. The Bertz CT molecular complexity index is 582. The van der Waals surface area contributed by atoms with Gasteiger partial charge in [-0.2, -0.15) is 79.0 Å². The van der Waals surface area contributed by atoms with Gasteiger partial charge in [-0.25, -0.2) is 0 Å². The number of alkyl halides is 18. The molecule has 38 heavy (non-hydrogen) atoms. The van der Waals surface area contributed by atoms with Crippen LogP contribution in [-0.2, 0) is 19.2 Å². The summed E-state index contributed by atoms with van der Waals surface area (Å²) in [5.74, 6) is 0. The first-order valence-corrected chi connectivity index (χ1v) is 9.84. The van der Waals surface area contributed by atoms with Crippen LogP contribution in [0.4, 0.5) is 79.0 Å². The number of hydrogen-bond donors (Lipinski definition) is 3. The Morgan fingerprint density at radius 2 is 0.579 bits per heavy atom. The molecule has 3 nitrogen and oxygen atoms in total. The van der Waals surface area contributed by atoms with E-state index in [0.717, 1.165) is 6.42 Å². The Morgan fingerprint density at radius 1 is 0.447 bits per heavy atom. The van der Waals surface area contributed by atoms with E-state index in [2.05, 4.69) is 11.1 Å². The van der Waals surface area contributed by atoms with Gasteiger partial charge in [0.15, 0.2) is 0 Å². The summed E-state index contributed by atoms with van der Waals surface area (Å²) >= 11 is 1.90. The third-order valence-electron chi connectivity index (χ3n) is 3.66. The van der Waals surface area contributed by atoms with Gasteiger partial charge in [0.2, 0.25) is 0 Å². The van der Waals surface area contributed by atoms with Crippen LogP contribution in [0, 0.1) is 4.20 Å². The van der Waals surface area contributed by atoms with Crippen molar-refractivity contribution in [3.8, 4) is 4.20 Å². The summed E-state index contributed by atoms with van der Waals surface area (Å²) in [6.45, 7) is 1.13. The van der Waals surface area contributed by atoms with Crippen molar-refractivity contribution >= 4 is 0 Å². The molecule has 3 N–H and O–H groups in total. The topological polar surface area (TPSA) is 60.7 Å². The molecule has 0 heterocycles. The molecule has 233 valence electrons. The first-order valence-electron chi connectivity index (χ1n) is 8.84. The summed E-state index contributed by atoms with van der Waals surface area (Å²) < 4.78 is 207.